The summed E-state index contributed by atoms with van der Waals surface area (Å²) in [5.74, 6) is 5.74. The van der Waals surface area contributed by atoms with Crippen molar-refractivity contribution in [3.8, 4) is 23.0 Å². The molecule has 8 aromatic rings. The molecule has 56 heavy (non-hydrogen) atoms. The summed E-state index contributed by atoms with van der Waals surface area (Å²) in [4.78, 5) is 0. The van der Waals surface area contributed by atoms with Gasteiger partial charge in [0.1, 0.15) is 45.4 Å². The average Bonchev–Trinajstić information content (AvgIpc) is 4.00. The average molecular weight is 753 g/mol. The molecule has 0 spiro atoms. The highest BCUT2D eigenvalue weighted by Crippen LogP contribution is 2.52. The van der Waals surface area contributed by atoms with Gasteiger partial charge in [-0.2, -0.15) is 0 Å². The Bertz CT molecular complexity index is 2570. The van der Waals surface area contributed by atoms with Gasteiger partial charge in [0.05, 0.1) is 28.4 Å². The van der Waals surface area contributed by atoms with Crippen molar-refractivity contribution in [2.24, 2.45) is 0 Å². The van der Waals surface area contributed by atoms with Crippen molar-refractivity contribution in [2.75, 3.05) is 28.4 Å². The number of hydrogen-bond donors (Lipinski definition) is 0. The summed E-state index contributed by atoms with van der Waals surface area (Å²) >= 11 is 0. The second-order valence-corrected chi connectivity index (χ2v) is 16.1. The number of ether oxygens (including phenoxy) is 4. The Kier molecular flexibility index (Phi) is 9.18. The maximum Gasteiger partial charge on any atom is 0.164 e. The van der Waals surface area contributed by atoms with Crippen molar-refractivity contribution < 1.29 is 36.6 Å². The van der Waals surface area contributed by atoms with Crippen LogP contribution in [-0.4, -0.2) is 28.4 Å². The van der Waals surface area contributed by atoms with E-state index in [9.17, 15) is 0 Å². The van der Waals surface area contributed by atoms with Crippen molar-refractivity contribution in [1.82, 2.24) is 0 Å². The maximum atomic E-state index is 6.84. The van der Waals surface area contributed by atoms with Gasteiger partial charge in [0, 0.05) is 49.9 Å². The lowest BCUT2D eigenvalue weighted by molar-refractivity contribution is 0.193. The fourth-order valence-electron chi connectivity index (χ4n) is 8.75. The molecule has 0 unspecified atom stereocenters. The summed E-state index contributed by atoms with van der Waals surface area (Å²) < 4.78 is 49.1. The lowest BCUT2D eigenvalue weighted by atomic mass is 9.62. The van der Waals surface area contributed by atoms with Gasteiger partial charge in [-0.3, -0.25) is 0 Å². The van der Waals surface area contributed by atoms with Gasteiger partial charge in [-0.25, -0.2) is 0 Å². The summed E-state index contributed by atoms with van der Waals surface area (Å²) in [6.45, 7) is 13.7. The van der Waals surface area contributed by atoms with E-state index < -0.39 is 16.2 Å². The molecule has 0 amide bonds. The normalized spacial score (nSPS) is 14.3. The number of para-hydroxylation sites is 2. The number of methoxy groups -OCH3 is 4. The zero-order valence-corrected chi connectivity index (χ0v) is 33.3. The Labute approximate surface area is 326 Å². The van der Waals surface area contributed by atoms with Crippen LogP contribution < -0.4 is 18.9 Å². The van der Waals surface area contributed by atoms with E-state index in [0.29, 0.717) is 59.2 Å². The van der Waals surface area contributed by atoms with Crippen LogP contribution >= 0.6 is 0 Å². The smallest absolute Gasteiger partial charge is 0.164 e. The molecule has 0 N–H and O–H groups in total. The van der Waals surface area contributed by atoms with Crippen LogP contribution in [0.3, 0.4) is 0 Å². The SMILES string of the molecule is C=C(C[C@@](C)(C[C@](C)(CC(C)(C)c1cc2ccccc2o1)c1cc2ccccc2o1)c1cc2cc(OC)c(OC)cc2o1)c1cc2cc(OC)c(OC)cc2o1. The molecule has 0 aliphatic heterocycles. The van der Waals surface area contributed by atoms with Crippen molar-refractivity contribution in [3.63, 3.8) is 0 Å². The molecule has 0 aliphatic carbocycles. The van der Waals surface area contributed by atoms with Crippen molar-refractivity contribution in [2.45, 2.75) is 63.2 Å². The fourth-order valence-corrected chi connectivity index (χ4v) is 8.75. The van der Waals surface area contributed by atoms with E-state index in [0.717, 1.165) is 55.6 Å². The molecule has 0 saturated heterocycles. The number of rotatable bonds is 14. The molecule has 4 aromatic heterocycles. The minimum atomic E-state index is -0.636. The van der Waals surface area contributed by atoms with E-state index in [1.165, 1.54) is 0 Å². The Morgan fingerprint density at radius 1 is 0.482 bits per heavy atom. The number of benzene rings is 4. The minimum Gasteiger partial charge on any atom is -0.493 e. The highest BCUT2D eigenvalue weighted by Gasteiger charge is 2.46. The number of allylic oxidation sites excluding steroid dienone is 1. The molecule has 8 nitrogen and oxygen atoms in total. The monoisotopic (exact) mass is 752 g/mol. The molecule has 2 atom stereocenters. The molecule has 4 aromatic carbocycles. The van der Waals surface area contributed by atoms with Crippen LogP contribution in [-0.2, 0) is 16.2 Å². The fraction of sp³-hybridized carbons (Fsp3) is 0.292. The first-order valence-corrected chi connectivity index (χ1v) is 18.8. The highest BCUT2D eigenvalue weighted by molar-refractivity contribution is 5.86. The van der Waals surface area contributed by atoms with Crippen LogP contribution in [0, 0.1) is 0 Å². The van der Waals surface area contributed by atoms with Crippen LogP contribution in [0.4, 0.5) is 0 Å². The van der Waals surface area contributed by atoms with E-state index in [1.807, 2.05) is 66.7 Å². The third kappa shape index (κ3) is 6.57. The Balaban J connectivity index is 1.26. The molecule has 288 valence electrons. The zero-order chi connectivity index (χ0) is 39.4. The quantitative estimate of drug-likeness (QED) is 0.108. The minimum absolute atomic E-state index is 0.393. The summed E-state index contributed by atoms with van der Waals surface area (Å²) in [5.41, 5.74) is 2.35. The first kappa shape index (κ1) is 36.9. The molecule has 0 bridgehead atoms. The van der Waals surface area contributed by atoms with Gasteiger partial charge in [0.2, 0.25) is 0 Å². The van der Waals surface area contributed by atoms with Crippen LogP contribution in [0.1, 0.15) is 70.0 Å². The lowest BCUT2D eigenvalue weighted by Gasteiger charge is -2.41. The summed E-state index contributed by atoms with van der Waals surface area (Å²) in [7, 11) is 6.51. The van der Waals surface area contributed by atoms with Crippen LogP contribution in [0.15, 0.2) is 121 Å². The molecular weight excluding hydrogens is 705 g/mol. The zero-order valence-electron chi connectivity index (χ0n) is 33.3. The third-order valence-electron chi connectivity index (χ3n) is 11.3. The van der Waals surface area contributed by atoms with Gasteiger partial charge in [-0.15, -0.1) is 0 Å². The van der Waals surface area contributed by atoms with Gasteiger partial charge in [-0.05, 0) is 73.4 Å². The Morgan fingerprint density at radius 2 is 0.929 bits per heavy atom. The largest absolute Gasteiger partial charge is 0.493 e. The van der Waals surface area contributed by atoms with E-state index in [4.69, 9.17) is 36.6 Å². The van der Waals surface area contributed by atoms with Crippen LogP contribution in [0.25, 0.3) is 49.5 Å². The van der Waals surface area contributed by atoms with Gasteiger partial charge < -0.3 is 36.6 Å². The molecule has 0 radical (unpaired) electrons. The van der Waals surface area contributed by atoms with E-state index in [2.05, 4.69) is 64.6 Å². The van der Waals surface area contributed by atoms with E-state index >= 15 is 0 Å². The molecule has 0 aliphatic rings. The van der Waals surface area contributed by atoms with E-state index in [1.54, 1.807) is 28.4 Å². The van der Waals surface area contributed by atoms with Crippen LogP contribution in [0.2, 0.25) is 0 Å². The van der Waals surface area contributed by atoms with Gasteiger partial charge in [0.15, 0.2) is 23.0 Å². The van der Waals surface area contributed by atoms with Crippen molar-refractivity contribution in [1.29, 1.82) is 0 Å². The van der Waals surface area contributed by atoms with Gasteiger partial charge in [-0.1, -0.05) is 70.7 Å². The molecule has 8 heteroatoms. The highest BCUT2D eigenvalue weighted by atomic mass is 16.5. The second-order valence-electron chi connectivity index (χ2n) is 16.1. The number of hydrogen-bond acceptors (Lipinski definition) is 8. The first-order valence-electron chi connectivity index (χ1n) is 18.8. The second kappa shape index (κ2) is 13.9. The predicted molar refractivity (Wildman–Crippen MR) is 222 cm³/mol. The molecule has 0 fully saturated rings. The molecule has 0 saturated carbocycles. The van der Waals surface area contributed by atoms with Crippen LogP contribution in [0.5, 0.6) is 23.0 Å². The molecule has 4 heterocycles. The third-order valence-corrected chi connectivity index (χ3v) is 11.3. The lowest BCUT2D eigenvalue weighted by Crippen LogP contribution is -2.38. The summed E-state index contributed by atoms with van der Waals surface area (Å²) in [6, 6.07) is 32.4. The standard InChI is InChI=1S/C48H48O8/c1-29(36-18-32-19-39(49-6)41(51-8)24-37(32)53-36)26-47(4,44-23-33-20-40(50-7)42(52-9)25-38(33)56-44)28-48(5,45-22-31-15-11-13-17-35(31)55-45)27-46(2,3)43-21-30-14-10-12-16-34(30)54-43/h10-25H,1,26-28H2,2-9H3/t47-,48-/m0/s1. The summed E-state index contributed by atoms with van der Waals surface area (Å²) in [6.07, 6.45) is 1.84. The number of fused-ring (bicyclic) bond motifs is 4. The topological polar surface area (TPSA) is 89.5 Å². The molecule has 8 rings (SSSR count). The summed E-state index contributed by atoms with van der Waals surface area (Å²) in [5, 5.41) is 3.93. The first-order chi connectivity index (χ1) is 26.8. The van der Waals surface area contributed by atoms with Crippen molar-refractivity contribution >= 4 is 49.5 Å². The predicted octanol–water partition coefficient (Wildman–Crippen LogP) is 12.8. The van der Waals surface area contributed by atoms with Gasteiger partial charge >= 0.3 is 0 Å². The van der Waals surface area contributed by atoms with Crippen molar-refractivity contribution in [3.05, 3.63) is 127 Å². The Morgan fingerprint density at radius 3 is 1.50 bits per heavy atom. The van der Waals surface area contributed by atoms with E-state index in [-0.39, 0.29) is 0 Å². The molecular formula is C48H48O8. The van der Waals surface area contributed by atoms with Gasteiger partial charge in [0.25, 0.3) is 0 Å². The number of furan rings is 4. The Hall–Kier alpha value is -6.02. The maximum absolute atomic E-state index is 6.84.